The van der Waals surface area contributed by atoms with Crippen LogP contribution in [-0.2, 0) is 20.6 Å². The smallest absolute Gasteiger partial charge is 0.274 e. The molecule has 0 spiro atoms. The zero-order valence-electron chi connectivity index (χ0n) is 13.2. The molecule has 24 heavy (non-hydrogen) atoms. The average molecular weight is 328 g/mol. The highest BCUT2D eigenvalue weighted by atomic mass is 16.3. The number of amides is 2. The van der Waals surface area contributed by atoms with E-state index in [0.29, 0.717) is 17.0 Å². The van der Waals surface area contributed by atoms with Gasteiger partial charge in [-0.3, -0.25) is 19.0 Å². The first kappa shape index (κ1) is 15.5. The number of carbonyl (C=O) groups is 2. The van der Waals surface area contributed by atoms with E-state index in [2.05, 4.69) is 20.8 Å². The summed E-state index contributed by atoms with van der Waals surface area (Å²) in [6.07, 6.45) is 6.13. The number of aromatic nitrogens is 4. The predicted octanol–water partition coefficient (Wildman–Crippen LogP) is 0.929. The van der Waals surface area contributed by atoms with E-state index in [1.165, 1.54) is 21.8 Å². The molecule has 9 heteroatoms. The predicted molar refractivity (Wildman–Crippen MR) is 84.2 cm³/mol. The van der Waals surface area contributed by atoms with E-state index in [9.17, 15) is 9.59 Å². The lowest BCUT2D eigenvalue weighted by Gasteiger charge is -2.04. The summed E-state index contributed by atoms with van der Waals surface area (Å²) in [6.45, 7) is 0.235. The van der Waals surface area contributed by atoms with Crippen molar-refractivity contribution in [3.63, 3.8) is 0 Å². The van der Waals surface area contributed by atoms with Crippen molar-refractivity contribution in [2.24, 2.45) is 14.1 Å². The zero-order chi connectivity index (χ0) is 17.1. The van der Waals surface area contributed by atoms with Crippen LogP contribution in [-0.4, -0.2) is 31.4 Å². The number of anilines is 1. The molecule has 3 rings (SSSR count). The molecule has 124 valence electrons. The number of hydrogen-bond donors (Lipinski definition) is 2. The Kier molecular flexibility index (Phi) is 4.15. The standard InChI is InChI=1S/C15H16N6O3/c1-20-8-10(6-17-20)14(22)18-12-9-21(2)19-13(12)15(23)16-7-11-4-3-5-24-11/h3-6,8-9H,7H2,1-2H3,(H,16,23)(H,18,22). The highest BCUT2D eigenvalue weighted by Crippen LogP contribution is 2.15. The molecular weight excluding hydrogens is 312 g/mol. The van der Waals surface area contributed by atoms with Gasteiger partial charge >= 0.3 is 0 Å². The van der Waals surface area contributed by atoms with Crippen LogP contribution in [0.5, 0.6) is 0 Å². The first-order valence-corrected chi connectivity index (χ1v) is 7.17. The lowest BCUT2D eigenvalue weighted by molar-refractivity contribution is 0.0943. The second-order valence-corrected chi connectivity index (χ2v) is 5.18. The Bertz CT molecular complexity index is 862. The van der Waals surface area contributed by atoms with Crippen LogP contribution in [0.1, 0.15) is 26.6 Å². The Morgan fingerprint density at radius 3 is 2.71 bits per heavy atom. The fourth-order valence-electron chi connectivity index (χ4n) is 2.14. The van der Waals surface area contributed by atoms with Crippen molar-refractivity contribution >= 4 is 17.5 Å². The maximum Gasteiger partial charge on any atom is 0.274 e. The summed E-state index contributed by atoms with van der Waals surface area (Å²) in [5.41, 5.74) is 0.841. The second kappa shape index (κ2) is 6.41. The minimum atomic E-state index is -0.409. The Morgan fingerprint density at radius 1 is 1.21 bits per heavy atom. The van der Waals surface area contributed by atoms with Crippen molar-refractivity contribution in [3.05, 3.63) is 54.0 Å². The largest absolute Gasteiger partial charge is 0.467 e. The van der Waals surface area contributed by atoms with E-state index in [0.717, 1.165) is 0 Å². The van der Waals surface area contributed by atoms with Gasteiger partial charge in [0.05, 0.1) is 30.3 Å². The summed E-state index contributed by atoms with van der Waals surface area (Å²) >= 11 is 0. The van der Waals surface area contributed by atoms with Crippen molar-refractivity contribution in [3.8, 4) is 0 Å². The fourth-order valence-corrected chi connectivity index (χ4v) is 2.14. The Labute approximate surface area is 137 Å². The van der Waals surface area contributed by atoms with Crippen LogP contribution in [0.25, 0.3) is 0 Å². The van der Waals surface area contributed by atoms with Crippen molar-refractivity contribution in [1.82, 2.24) is 24.9 Å². The molecule has 0 fully saturated rings. The first-order chi connectivity index (χ1) is 11.5. The highest BCUT2D eigenvalue weighted by Gasteiger charge is 2.19. The molecule has 2 amide bonds. The summed E-state index contributed by atoms with van der Waals surface area (Å²) in [7, 11) is 3.39. The second-order valence-electron chi connectivity index (χ2n) is 5.18. The molecule has 0 aliphatic heterocycles. The monoisotopic (exact) mass is 328 g/mol. The minimum Gasteiger partial charge on any atom is -0.467 e. The maximum absolute atomic E-state index is 12.3. The number of hydrogen-bond acceptors (Lipinski definition) is 5. The molecular formula is C15H16N6O3. The number of furan rings is 1. The molecule has 0 bridgehead atoms. The van der Waals surface area contributed by atoms with Gasteiger partial charge in [0.15, 0.2) is 5.69 Å². The van der Waals surface area contributed by atoms with Gasteiger partial charge in [0.1, 0.15) is 5.76 Å². The highest BCUT2D eigenvalue weighted by molar-refractivity contribution is 6.08. The van der Waals surface area contributed by atoms with Crippen LogP contribution in [0.3, 0.4) is 0 Å². The van der Waals surface area contributed by atoms with Gasteiger partial charge in [-0.05, 0) is 12.1 Å². The topological polar surface area (TPSA) is 107 Å². The molecule has 0 aromatic carbocycles. The van der Waals surface area contributed by atoms with Crippen LogP contribution in [0.15, 0.2) is 41.4 Å². The average Bonchev–Trinajstić information content (AvgIpc) is 3.26. The third-order valence-electron chi connectivity index (χ3n) is 3.26. The Balaban J connectivity index is 1.72. The van der Waals surface area contributed by atoms with Crippen LogP contribution >= 0.6 is 0 Å². The van der Waals surface area contributed by atoms with E-state index in [4.69, 9.17) is 4.42 Å². The third kappa shape index (κ3) is 3.35. The van der Waals surface area contributed by atoms with Crippen LogP contribution in [0.4, 0.5) is 5.69 Å². The summed E-state index contributed by atoms with van der Waals surface area (Å²) < 4.78 is 8.14. The molecule has 3 aromatic rings. The van der Waals surface area contributed by atoms with Crippen LogP contribution in [0.2, 0.25) is 0 Å². The Hall–Kier alpha value is -3.36. The number of nitrogens with zero attached hydrogens (tertiary/aromatic N) is 4. The van der Waals surface area contributed by atoms with Crippen molar-refractivity contribution < 1.29 is 14.0 Å². The molecule has 0 aliphatic carbocycles. The SMILES string of the molecule is Cn1cc(C(=O)Nc2cn(C)nc2C(=O)NCc2ccco2)cn1. The van der Waals surface area contributed by atoms with Crippen molar-refractivity contribution in [1.29, 1.82) is 0 Å². The van der Waals surface area contributed by atoms with Gasteiger partial charge in [-0.2, -0.15) is 10.2 Å². The van der Waals surface area contributed by atoms with Gasteiger partial charge in [-0.25, -0.2) is 0 Å². The summed E-state index contributed by atoms with van der Waals surface area (Å²) in [6, 6.07) is 3.49. The molecule has 3 aromatic heterocycles. The lowest BCUT2D eigenvalue weighted by Crippen LogP contribution is -2.25. The number of aryl methyl sites for hydroxylation is 2. The number of carbonyl (C=O) groups excluding carboxylic acids is 2. The van der Waals surface area contributed by atoms with E-state index >= 15 is 0 Å². The number of nitrogens with one attached hydrogen (secondary N) is 2. The van der Waals surface area contributed by atoms with Gasteiger partial charge in [-0.1, -0.05) is 0 Å². The van der Waals surface area contributed by atoms with Crippen LogP contribution < -0.4 is 10.6 Å². The first-order valence-electron chi connectivity index (χ1n) is 7.17. The summed E-state index contributed by atoms with van der Waals surface area (Å²) in [5, 5.41) is 13.4. The van der Waals surface area contributed by atoms with Crippen molar-refractivity contribution in [2.45, 2.75) is 6.54 Å². The van der Waals surface area contributed by atoms with Gasteiger partial charge in [0.25, 0.3) is 11.8 Å². The molecule has 0 atom stereocenters. The summed E-state index contributed by atoms with van der Waals surface area (Å²) in [4.78, 5) is 24.5. The van der Waals surface area contributed by atoms with Gasteiger partial charge in [-0.15, -0.1) is 0 Å². The van der Waals surface area contributed by atoms with Gasteiger partial charge < -0.3 is 15.1 Å². The normalized spacial score (nSPS) is 10.6. The Morgan fingerprint density at radius 2 is 2.04 bits per heavy atom. The summed E-state index contributed by atoms with van der Waals surface area (Å²) in [5.74, 6) is -0.148. The zero-order valence-corrected chi connectivity index (χ0v) is 13.2. The molecule has 0 unspecified atom stereocenters. The third-order valence-corrected chi connectivity index (χ3v) is 3.26. The van der Waals surface area contributed by atoms with E-state index in [-0.39, 0.29) is 18.1 Å². The molecule has 9 nitrogen and oxygen atoms in total. The molecule has 3 heterocycles. The lowest BCUT2D eigenvalue weighted by atomic mass is 10.3. The van der Waals surface area contributed by atoms with Gasteiger partial charge in [0.2, 0.25) is 0 Å². The molecule has 0 aliphatic rings. The fraction of sp³-hybridized carbons (Fsp3) is 0.200. The van der Waals surface area contributed by atoms with E-state index in [1.54, 1.807) is 38.6 Å². The number of rotatable bonds is 5. The molecule has 0 radical (unpaired) electrons. The van der Waals surface area contributed by atoms with Crippen molar-refractivity contribution in [2.75, 3.05) is 5.32 Å². The maximum atomic E-state index is 12.3. The van der Waals surface area contributed by atoms with E-state index in [1.807, 2.05) is 0 Å². The van der Waals surface area contributed by atoms with E-state index < -0.39 is 5.91 Å². The van der Waals surface area contributed by atoms with Gasteiger partial charge in [0, 0.05) is 26.5 Å². The quantitative estimate of drug-likeness (QED) is 0.724. The molecule has 2 N–H and O–H groups in total. The van der Waals surface area contributed by atoms with Crippen LogP contribution in [0, 0.1) is 0 Å². The molecule has 0 saturated heterocycles. The molecule has 0 saturated carbocycles. The minimum absolute atomic E-state index is 0.126.